The first-order valence-electron chi connectivity index (χ1n) is 9.73. The highest BCUT2D eigenvalue weighted by Crippen LogP contribution is 2.23. The average molecular weight is 448 g/mol. The smallest absolute Gasteiger partial charge is 0.288 e. The molecule has 4 rings (SSSR count). The quantitative estimate of drug-likeness (QED) is 0.325. The minimum atomic E-state index is -0.651. The Morgan fingerprint density at radius 1 is 1.06 bits per heavy atom. The first kappa shape index (κ1) is 21.2. The number of aromatic nitrogens is 3. The Bertz CT molecular complexity index is 1280. The number of nitro benzene ring substituents is 1. The molecule has 1 N–H and O–H groups in total. The number of nitro groups is 1. The van der Waals surface area contributed by atoms with Gasteiger partial charge in [0.1, 0.15) is 5.56 Å². The van der Waals surface area contributed by atoms with Crippen LogP contribution in [0.1, 0.15) is 21.5 Å². The summed E-state index contributed by atoms with van der Waals surface area (Å²) >= 11 is 5.94. The van der Waals surface area contributed by atoms with Crippen molar-refractivity contribution in [2.24, 2.45) is 0 Å². The Morgan fingerprint density at radius 2 is 1.75 bits per heavy atom. The number of benzene rings is 3. The molecule has 0 amide bonds. The van der Waals surface area contributed by atoms with E-state index in [1.807, 2.05) is 43.3 Å². The SMILES string of the molecule is Cc1ccc(-c2nc(NCc3ccc(Cl)cc3)n(C(=O)c3ccccc3[N+](=O)[O-])n2)cc1. The molecule has 0 atom stereocenters. The molecule has 0 unspecified atom stereocenters. The van der Waals surface area contributed by atoms with Crippen molar-refractivity contribution >= 4 is 29.1 Å². The van der Waals surface area contributed by atoms with E-state index in [2.05, 4.69) is 15.4 Å². The van der Waals surface area contributed by atoms with E-state index in [9.17, 15) is 14.9 Å². The maximum atomic E-state index is 13.2. The monoisotopic (exact) mass is 447 g/mol. The Morgan fingerprint density at radius 3 is 2.44 bits per heavy atom. The van der Waals surface area contributed by atoms with Gasteiger partial charge in [0.25, 0.3) is 11.6 Å². The number of nitrogens with one attached hydrogen (secondary N) is 1. The number of halogens is 1. The Hall–Kier alpha value is -4.04. The van der Waals surface area contributed by atoms with Crippen LogP contribution in [0, 0.1) is 17.0 Å². The lowest BCUT2D eigenvalue weighted by molar-refractivity contribution is -0.385. The number of aryl methyl sites for hydroxylation is 1. The summed E-state index contributed by atoms with van der Waals surface area (Å²) in [6, 6.07) is 20.5. The summed E-state index contributed by atoms with van der Waals surface area (Å²) in [5, 5.41) is 19.5. The van der Waals surface area contributed by atoms with E-state index in [1.54, 1.807) is 18.2 Å². The second-order valence-electron chi connectivity index (χ2n) is 7.10. The van der Waals surface area contributed by atoms with Crippen LogP contribution >= 0.6 is 11.6 Å². The fourth-order valence-corrected chi connectivity index (χ4v) is 3.23. The van der Waals surface area contributed by atoms with Crippen molar-refractivity contribution in [3.63, 3.8) is 0 Å². The lowest BCUT2D eigenvalue weighted by Crippen LogP contribution is -2.18. The molecular formula is C23H18ClN5O3. The van der Waals surface area contributed by atoms with E-state index in [1.165, 1.54) is 18.2 Å². The molecule has 1 heterocycles. The highest BCUT2D eigenvalue weighted by atomic mass is 35.5. The highest BCUT2D eigenvalue weighted by molar-refractivity contribution is 6.30. The van der Waals surface area contributed by atoms with Gasteiger partial charge in [-0.3, -0.25) is 14.9 Å². The third-order valence-corrected chi connectivity index (χ3v) is 5.06. The van der Waals surface area contributed by atoms with Gasteiger partial charge in [-0.15, -0.1) is 5.10 Å². The van der Waals surface area contributed by atoms with Crippen LogP contribution in [0.2, 0.25) is 5.02 Å². The van der Waals surface area contributed by atoms with E-state index in [0.717, 1.165) is 21.4 Å². The molecule has 9 heteroatoms. The molecule has 4 aromatic rings. The molecule has 1 aromatic heterocycles. The number of nitrogens with zero attached hydrogens (tertiary/aromatic N) is 4. The van der Waals surface area contributed by atoms with Crippen LogP contribution in [-0.2, 0) is 6.54 Å². The van der Waals surface area contributed by atoms with Crippen LogP contribution in [0.5, 0.6) is 0 Å². The normalized spacial score (nSPS) is 10.7. The van der Waals surface area contributed by atoms with Crippen molar-refractivity contribution in [3.05, 3.63) is 105 Å². The average Bonchev–Trinajstić information content (AvgIpc) is 3.23. The van der Waals surface area contributed by atoms with Gasteiger partial charge in [0.15, 0.2) is 5.82 Å². The van der Waals surface area contributed by atoms with Crippen LogP contribution in [0.25, 0.3) is 11.4 Å². The summed E-state index contributed by atoms with van der Waals surface area (Å²) in [6.07, 6.45) is 0. The maximum Gasteiger partial charge on any atom is 0.288 e. The number of anilines is 1. The van der Waals surface area contributed by atoms with Gasteiger partial charge in [-0.05, 0) is 30.7 Å². The van der Waals surface area contributed by atoms with E-state index in [0.29, 0.717) is 17.4 Å². The lowest BCUT2D eigenvalue weighted by Gasteiger charge is -2.08. The topological polar surface area (TPSA) is 103 Å². The summed E-state index contributed by atoms with van der Waals surface area (Å²) in [5.41, 5.74) is 2.34. The van der Waals surface area contributed by atoms with Gasteiger partial charge in [-0.2, -0.15) is 9.67 Å². The van der Waals surface area contributed by atoms with Gasteiger partial charge in [0.2, 0.25) is 5.95 Å². The minimum absolute atomic E-state index is 0.0765. The van der Waals surface area contributed by atoms with Gasteiger partial charge in [0.05, 0.1) is 4.92 Å². The molecular weight excluding hydrogens is 430 g/mol. The molecule has 0 saturated heterocycles. The van der Waals surface area contributed by atoms with Crippen LogP contribution in [0.4, 0.5) is 11.6 Å². The van der Waals surface area contributed by atoms with Crippen molar-refractivity contribution in [2.45, 2.75) is 13.5 Å². The zero-order valence-corrected chi connectivity index (χ0v) is 17.8. The fourth-order valence-electron chi connectivity index (χ4n) is 3.10. The summed E-state index contributed by atoms with van der Waals surface area (Å²) in [5.74, 6) is -0.143. The van der Waals surface area contributed by atoms with E-state index < -0.39 is 10.8 Å². The first-order chi connectivity index (χ1) is 15.4. The molecule has 0 spiro atoms. The zero-order chi connectivity index (χ0) is 22.7. The van der Waals surface area contributed by atoms with Gasteiger partial charge >= 0.3 is 0 Å². The number of rotatable bonds is 6. The molecule has 0 saturated carbocycles. The number of hydrogen-bond acceptors (Lipinski definition) is 6. The van der Waals surface area contributed by atoms with Crippen molar-refractivity contribution in [1.82, 2.24) is 14.8 Å². The summed E-state index contributed by atoms with van der Waals surface area (Å²) in [4.78, 5) is 28.6. The predicted molar refractivity (Wildman–Crippen MR) is 122 cm³/mol. The number of carbonyl (C=O) groups is 1. The second-order valence-corrected chi connectivity index (χ2v) is 7.53. The van der Waals surface area contributed by atoms with Gasteiger partial charge in [0, 0.05) is 23.2 Å². The highest BCUT2D eigenvalue weighted by Gasteiger charge is 2.25. The molecule has 3 aromatic carbocycles. The molecule has 0 aliphatic rings. The molecule has 32 heavy (non-hydrogen) atoms. The van der Waals surface area contributed by atoms with Crippen LogP contribution < -0.4 is 5.32 Å². The molecule has 0 bridgehead atoms. The molecule has 8 nitrogen and oxygen atoms in total. The van der Waals surface area contributed by atoms with Crippen LogP contribution in [-0.4, -0.2) is 25.6 Å². The number of para-hydroxylation sites is 1. The van der Waals surface area contributed by atoms with E-state index in [-0.39, 0.29) is 17.2 Å². The summed E-state index contributed by atoms with van der Waals surface area (Å²) in [6.45, 7) is 2.32. The lowest BCUT2D eigenvalue weighted by atomic mass is 10.1. The zero-order valence-electron chi connectivity index (χ0n) is 17.0. The Labute approximate surface area is 188 Å². The number of carbonyl (C=O) groups excluding carboxylic acids is 1. The minimum Gasteiger partial charge on any atom is -0.350 e. The van der Waals surface area contributed by atoms with Crippen molar-refractivity contribution < 1.29 is 9.72 Å². The molecule has 0 radical (unpaired) electrons. The molecule has 0 fully saturated rings. The summed E-state index contributed by atoms with van der Waals surface area (Å²) in [7, 11) is 0. The Balaban J connectivity index is 1.73. The third-order valence-electron chi connectivity index (χ3n) is 4.80. The van der Waals surface area contributed by atoms with Crippen LogP contribution in [0.3, 0.4) is 0 Å². The van der Waals surface area contributed by atoms with Gasteiger partial charge in [-0.25, -0.2) is 0 Å². The van der Waals surface area contributed by atoms with Crippen LogP contribution in [0.15, 0.2) is 72.8 Å². The molecule has 0 aliphatic carbocycles. The van der Waals surface area contributed by atoms with Crippen molar-refractivity contribution in [1.29, 1.82) is 0 Å². The van der Waals surface area contributed by atoms with E-state index >= 15 is 0 Å². The standard InChI is InChI=1S/C23H18ClN5O3/c1-15-6-10-17(11-7-15)21-26-23(25-14-16-8-12-18(24)13-9-16)28(27-21)22(30)19-4-2-3-5-20(19)29(31)32/h2-13H,14H2,1H3,(H,25,26,27). The number of hydrogen-bond donors (Lipinski definition) is 1. The third kappa shape index (κ3) is 4.50. The largest absolute Gasteiger partial charge is 0.350 e. The fraction of sp³-hybridized carbons (Fsp3) is 0.0870. The van der Waals surface area contributed by atoms with Crippen molar-refractivity contribution in [2.75, 3.05) is 5.32 Å². The van der Waals surface area contributed by atoms with E-state index in [4.69, 9.17) is 11.6 Å². The molecule has 160 valence electrons. The first-order valence-corrected chi connectivity index (χ1v) is 10.1. The maximum absolute atomic E-state index is 13.2. The van der Waals surface area contributed by atoms with Gasteiger partial charge in [-0.1, -0.05) is 65.7 Å². The van der Waals surface area contributed by atoms with Gasteiger partial charge < -0.3 is 5.32 Å². The molecule has 0 aliphatic heterocycles. The predicted octanol–water partition coefficient (Wildman–Crippen LogP) is 5.12. The van der Waals surface area contributed by atoms with Crippen molar-refractivity contribution in [3.8, 4) is 11.4 Å². The Kier molecular flexibility index (Phi) is 5.96. The summed E-state index contributed by atoms with van der Waals surface area (Å²) < 4.78 is 1.06. The second kappa shape index (κ2) is 8.99.